The molecule has 26 heavy (non-hydrogen) atoms. The average molecular weight is 391 g/mol. The van der Waals surface area contributed by atoms with Crippen LogP contribution in [0.3, 0.4) is 0 Å². The van der Waals surface area contributed by atoms with Gasteiger partial charge in [0.2, 0.25) is 0 Å². The lowest BCUT2D eigenvalue weighted by Crippen LogP contribution is -2.16. The number of carbonyl (C=O) groups is 1. The van der Waals surface area contributed by atoms with Crippen LogP contribution >= 0.6 is 22.9 Å². The van der Waals surface area contributed by atoms with Gasteiger partial charge in [0.15, 0.2) is 0 Å². The summed E-state index contributed by atoms with van der Waals surface area (Å²) in [6.07, 6.45) is 9.29. The Balaban J connectivity index is 1.43. The van der Waals surface area contributed by atoms with Crippen molar-refractivity contribution >= 4 is 28.9 Å². The van der Waals surface area contributed by atoms with Gasteiger partial charge in [0.25, 0.3) is 0 Å². The van der Waals surface area contributed by atoms with E-state index >= 15 is 0 Å². The highest BCUT2D eigenvalue weighted by atomic mass is 35.5. The van der Waals surface area contributed by atoms with Crippen molar-refractivity contribution in [1.82, 2.24) is 0 Å². The Hall–Kier alpha value is -1.32. The average Bonchev–Trinajstić information content (AvgIpc) is 3.24. The van der Waals surface area contributed by atoms with E-state index in [-0.39, 0.29) is 0 Å². The summed E-state index contributed by atoms with van der Waals surface area (Å²) in [5.41, 5.74) is 1.43. The number of thiophene rings is 1. The molecular weight excluding hydrogens is 364 g/mol. The molecule has 2 aromatic rings. The van der Waals surface area contributed by atoms with E-state index in [0.29, 0.717) is 16.2 Å². The molecule has 1 fully saturated rings. The fourth-order valence-electron chi connectivity index (χ4n) is 4.22. The number of hydrogen-bond donors (Lipinski definition) is 1. The minimum absolute atomic E-state index is 0.314. The smallest absolute Gasteiger partial charge is 0.345 e. The molecule has 3 rings (SSSR count). The second-order valence-electron chi connectivity index (χ2n) is 7.36. The lowest BCUT2D eigenvalue weighted by Gasteiger charge is -2.22. The summed E-state index contributed by atoms with van der Waals surface area (Å²) in [6.45, 7) is 0. The highest BCUT2D eigenvalue weighted by Gasteiger charge is 2.33. The van der Waals surface area contributed by atoms with E-state index in [0.717, 1.165) is 38.0 Å². The van der Waals surface area contributed by atoms with E-state index in [1.165, 1.54) is 41.0 Å². The zero-order chi connectivity index (χ0) is 18.4. The number of carboxylic acid groups (broad SMARTS) is 1. The van der Waals surface area contributed by atoms with E-state index in [2.05, 4.69) is 30.3 Å². The van der Waals surface area contributed by atoms with Crippen molar-refractivity contribution in [2.24, 2.45) is 11.8 Å². The third kappa shape index (κ3) is 5.34. The first kappa shape index (κ1) is 19.4. The van der Waals surface area contributed by atoms with Crippen LogP contribution in [0.25, 0.3) is 0 Å². The standard InChI is InChI=1S/C22H27ClO2S/c23-20-14-12-17(9-4-8-16-6-2-1-3-7-16)19(20)11-5-10-18-13-15-21(26-18)22(24)25/h1-3,6-7,13,15,17,19-20H,4-5,8-12,14H2,(H,24,25)/t17-,19+,20+/m0/s1. The molecule has 0 amide bonds. The molecule has 1 N–H and O–H groups in total. The molecule has 1 heterocycles. The molecular formula is C22H27ClO2S. The SMILES string of the molecule is O=C(O)c1ccc(CCC[C@@H]2[C@@H](CCCc3ccccc3)CC[C@H]2Cl)s1. The molecule has 140 valence electrons. The quantitative estimate of drug-likeness (QED) is 0.501. The fraction of sp³-hybridized carbons (Fsp3) is 0.500. The zero-order valence-corrected chi connectivity index (χ0v) is 16.6. The summed E-state index contributed by atoms with van der Waals surface area (Å²) in [5.74, 6) is 0.543. The molecule has 0 radical (unpaired) electrons. The maximum absolute atomic E-state index is 11.0. The number of aromatic carboxylic acids is 1. The van der Waals surface area contributed by atoms with Gasteiger partial charge in [-0.25, -0.2) is 4.79 Å². The van der Waals surface area contributed by atoms with Gasteiger partial charge in [-0.05, 0) is 80.9 Å². The molecule has 1 aliphatic carbocycles. The first-order valence-electron chi connectivity index (χ1n) is 9.63. The van der Waals surface area contributed by atoms with Gasteiger partial charge in [-0.2, -0.15) is 0 Å². The Bertz CT molecular complexity index is 697. The molecule has 1 aromatic heterocycles. The minimum Gasteiger partial charge on any atom is -0.477 e. The Morgan fingerprint density at radius 1 is 1.04 bits per heavy atom. The van der Waals surface area contributed by atoms with Crippen molar-refractivity contribution in [3.05, 3.63) is 57.8 Å². The fourth-order valence-corrected chi connectivity index (χ4v) is 5.57. The summed E-state index contributed by atoms with van der Waals surface area (Å²) in [6, 6.07) is 14.4. The van der Waals surface area contributed by atoms with Crippen LogP contribution in [0.2, 0.25) is 0 Å². The maximum atomic E-state index is 11.0. The van der Waals surface area contributed by atoms with Crippen LogP contribution in [0.4, 0.5) is 0 Å². The largest absolute Gasteiger partial charge is 0.477 e. The third-order valence-electron chi connectivity index (χ3n) is 5.60. The van der Waals surface area contributed by atoms with E-state index < -0.39 is 5.97 Å². The number of hydrogen-bond acceptors (Lipinski definition) is 2. The number of carboxylic acids is 1. The van der Waals surface area contributed by atoms with Crippen molar-refractivity contribution in [3.63, 3.8) is 0 Å². The second kappa shape index (κ2) is 9.57. The van der Waals surface area contributed by atoms with E-state index in [1.807, 2.05) is 6.07 Å². The van der Waals surface area contributed by atoms with Gasteiger partial charge in [-0.3, -0.25) is 0 Å². The molecule has 2 nitrogen and oxygen atoms in total. The monoisotopic (exact) mass is 390 g/mol. The number of aryl methyl sites for hydroxylation is 2. The Morgan fingerprint density at radius 2 is 1.81 bits per heavy atom. The third-order valence-corrected chi connectivity index (χ3v) is 7.27. The first-order valence-corrected chi connectivity index (χ1v) is 10.9. The number of alkyl halides is 1. The van der Waals surface area contributed by atoms with Gasteiger partial charge in [-0.1, -0.05) is 30.3 Å². The molecule has 1 aromatic carbocycles. The Kier molecular flexibility index (Phi) is 7.15. The van der Waals surface area contributed by atoms with Crippen LogP contribution in [0.5, 0.6) is 0 Å². The molecule has 1 aliphatic rings. The second-order valence-corrected chi connectivity index (χ2v) is 9.09. The van der Waals surface area contributed by atoms with Crippen LogP contribution in [0, 0.1) is 11.8 Å². The van der Waals surface area contributed by atoms with Crippen molar-refractivity contribution in [1.29, 1.82) is 0 Å². The zero-order valence-electron chi connectivity index (χ0n) is 15.1. The first-order chi connectivity index (χ1) is 12.6. The molecule has 0 bridgehead atoms. The minimum atomic E-state index is -0.823. The van der Waals surface area contributed by atoms with Crippen molar-refractivity contribution in [3.8, 4) is 0 Å². The van der Waals surface area contributed by atoms with Crippen LogP contribution in [0.1, 0.15) is 58.6 Å². The van der Waals surface area contributed by atoms with Crippen molar-refractivity contribution in [2.75, 3.05) is 0 Å². The molecule has 0 spiro atoms. The van der Waals surface area contributed by atoms with Gasteiger partial charge in [0.1, 0.15) is 4.88 Å². The van der Waals surface area contributed by atoms with Crippen LogP contribution < -0.4 is 0 Å². The van der Waals surface area contributed by atoms with Crippen molar-refractivity contribution in [2.45, 2.75) is 56.7 Å². The van der Waals surface area contributed by atoms with Gasteiger partial charge in [0.05, 0.1) is 0 Å². The summed E-state index contributed by atoms with van der Waals surface area (Å²) in [5, 5.41) is 9.34. The maximum Gasteiger partial charge on any atom is 0.345 e. The number of rotatable bonds is 9. The highest BCUT2D eigenvalue weighted by Crippen LogP contribution is 2.41. The normalized spacial score (nSPS) is 22.6. The summed E-state index contributed by atoms with van der Waals surface area (Å²) >= 11 is 8.03. The van der Waals surface area contributed by atoms with E-state index in [1.54, 1.807) is 6.07 Å². The predicted molar refractivity (Wildman–Crippen MR) is 109 cm³/mol. The Labute approximate surface area is 165 Å². The van der Waals surface area contributed by atoms with E-state index in [9.17, 15) is 4.79 Å². The molecule has 0 aliphatic heterocycles. The predicted octanol–water partition coefficient (Wildman–Crippen LogP) is 6.43. The molecule has 1 saturated carbocycles. The van der Waals surface area contributed by atoms with Gasteiger partial charge in [-0.15, -0.1) is 22.9 Å². The van der Waals surface area contributed by atoms with Crippen LogP contribution in [-0.4, -0.2) is 16.5 Å². The van der Waals surface area contributed by atoms with Gasteiger partial charge < -0.3 is 5.11 Å². The number of benzene rings is 1. The van der Waals surface area contributed by atoms with Gasteiger partial charge >= 0.3 is 5.97 Å². The van der Waals surface area contributed by atoms with Crippen molar-refractivity contribution < 1.29 is 9.90 Å². The van der Waals surface area contributed by atoms with E-state index in [4.69, 9.17) is 16.7 Å². The number of halogens is 1. The summed E-state index contributed by atoms with van der Waals surface area (Å²) in [7, 11) is 0. The molecule has 0 saturated heterocycles. The summed E-state index contributed by atoms with van der Waals surface area (Å²) < 4.78 is 0. The Morgan fingerprint density at radius 3 is 2.54 bits per heavy atom. The topological polar surface area (TPSA) is 37.3 Å². The molecule has 3 atom stereocenters. The lowest BCUT2D eigenvalue weighted by molar-refractivity contribution is 0.0702. The highest BCUT2D eigenvalue weighted by molar-refractivity contribution is 7.13. The van der Waals surface area contributed by atoms with Gasteiger partial charge in [0, 0.05) is 10.3 Å². The molecule has 4 heteroatoms. The lowest BCUT2D eigenvalue weighted by atomic mass is 9.86. The summed E-state index contributed by atoms with van der Waals surface area (Å²) in [4.78, 5) is 12.6. The van der Waals surface area contributed by atoms with Crippen LogP contribution in [0.15, 0.2) is 42.5 Å². The van der Waals surface area contributed by atoms with Crippen LogP contribution in [-0.2, 0) is 12.8 Å². The molecule has 0 unspecified atom stereocenters.